The fraction of sp³-hybridized carbons (Fsp3) is 1.00. The molecule has 0 aromatic rings. The Hall–Kier alpha value is -0.0800. The highest BCUT2D eigenvalue weighted by Crippen LogP contribution is 2.29. The van der Waals surface area contributed by atoms with Crippen LogP contribution >= 0.6 is 0 Å². The fourth-order valence-corrected chi connectivity index (χ4v) is 2.37. The van der Waals surface area contributed by atoms with Gasteiger partial charge in [-0.25, -0.2) is 0 Å². The zero-order valence-corrected chi connectivity index (χ0v) is 10.9. The summed E-state index contributed by atoms with van der Waals surface area (Å²) in [5.41, 5.74) is 0.402. The van der Waals surface area contributed by atoms with Gasteiger partial charge in [-0.15, -0.1) is 0 Å². The molecule has 1 rings (SSSR count). The number of hydrogen-bond acceptors (Lipinski definition) is 2. The van der Waals surface area contributed by atoms with E-state index in [1.807, 2.05) is 0 Å². The maximum Gasteiger partial charge on any atom is 0.0515 e. The van der Waals surface area contributed by atoms with Crippen molar-refractivity contribution in [2.45, 2.75) is 52.0 Å². The van der Waals surface area contributed by atoms with Gasteiger partial charge in [0.2, 0.25) is 0 Å². The van der Waals surface area contributed by atoms with Gasteiger partial charge < -0.3 is 4.74 Å². The van der Waals surface area contributed by atoms with Crippen molar-refractivity contribution in [2.75, 3.05) is 26.8 Å². The highest BCUT2D eigenvalue weighted by molar-refractivity contribution is 4.91. The molecule has 1 aliphatic heterocycles. The third-order valence-corrected chi connectivity index (χ3v) is 3.61. The summed E-state index contributed by atoms with van der Waals surface area (Å²) in [5.74, 6) is 0.778. The van der Waals surface area contributed by atoms with E-state index in [1.54, 1.807) is 7.11 Å². The predicted molar refractivity (Wildman–Crippen MR) is 65.2 cm³/mol. The van der Waals surface area contributed by atoms with Crippen LogP contribution < -0.4 is 0 Å². The van der Waals surface area contributed by atoms with Crippen molar-refractivity contribution in [2.24, 2.45) is 5.92 Å². The van der Waals surface area contributed by atoms with E-state index in [1.165, 1.54) is 38.8 Å². The van der Waals surface area contributed by atoms with Crippen LogP contribution in [-0.4, -0.2) is 37.2 Å². The molecule has 0 saturated carbocycles. The zero-order chi connectivity index (χ0) is 11.3. The van der Waals surface area contributed by atoms with Gasteiger partial charge in [-0.2, -0.15) is 0 Å². The van der Waals surface area contributed by atoms with Crippen LogP contribution in [0.25, 0.3) is 0 Å². The van der Waals surface area contributed by atoms with Crippen molar-refractivity contribution < 1.29 is 4.74 Å². The summed E-state index contributed by atoms with van der Waals surface area (Å²) in [6.07, 6.45) is 5.40. The summed E-state index contributed by atoms with van der Waals surface area (Å²) in [6, 6.07) is 0. The number of unbranched alkanes of at least 4 members (excludes halogenated alkanes) is 2. The van der Waals surface area contributed by atoms with E-state index < -0.39 is 0 Å². The van der Waals surface area contributed by atoms with E-state index in [0.29, 0.717) is 5.54 Å². The Kier molecular flexibility index (Phi) is 5.07. The number of ether oxygens (including phenoxy) is 1. The zero-order valence-electron chi connectivity index (χ0n) is 10.9. The minimum absolute atomic E-state index is 0.402. The molecule has 1 saturated heterocycles. The Morgan fingerprint density at radius 3 is 2.47 bits per heavy atom. The SMILES string of the molecule is CCCCCC(C)(C)N1CC(COC)C1. The van der Waals surface area contributed by atoms with E-state index in [2.05, 4.69) is 25.7 Å². The monoisotopic (exact) mass is 213 g/mol. The van der Waals surface area contributed by atoms with Crippen LogP contribution in [0.15, 0.2) is 0 Å². The van der Waals surface area contributed by atoms with Gasteiger partial charge >= 0.3 is 0 Å². The van der Waals surface area contributed by atoms with Crippen molar-refractivity contribution >= 4 is 0 Å². The van der Waals surface area contributed by atoms with Gasteiger partial charge in [0.05, 0.1) is 6.61 Å². The molecule has 0 N–H and O–H groups in total. The number of nitrogens with zero attached hydrogens (tertiary/aromatic N) is 1. The lowest BCUT2D eigenvalue weighted by Crippen LogP contribution is -2.58. The fourth-order valence-electron chi connectivity index (χ4n) is 2.37. The summed E-state index contributed by atoms with van der Waals surface area (Å²) < 4.78 is 5.18. The van der Waals surface area contributed by atoms with Crippen molar-refractivity contribution in [1.29, 1.82) is 0 Å². The van der Waals surface area contributed by atoms with Gasteiger partial charge in [0, 0.05) is 31.7 Å². The normalized spacial score (nSPS) is 19.2. The van der Waals surface area contributed by atoms with Gasteiger partial charge in [-0.05, 0) is 20.3 Å². The first-order valence-electron chi connectivity index (χ1n) is 6.34. The molecule has 15 heavy (non-hydrogen) atoms. The summed E-state index contributed by atoms with van der Waals surface area (Å²) in [5, 5.41) is 0. The molecular weight excluding hydrogens is 186 g/mol. The van der Waals surface area contributed by atoms with E-state index in [9.17, 15) is 0 Å². The molecule has 0 aromatic carbocycles. The molecule has 0 amide bonds. The van der Waals surface area contributed by atoms with Crippen LogP contribution in [-0.2, 0) is 4.74 Å². The van der Waals surface area contributed by atoms with Crippen LogP contribution in [0, 0.1) is 5.92 Å². The smallest absolute Gasteiger partial charge is 0.0515 e. The number of likely N-dealkylation sites (tertiary alicyclic amines) is 1. The second-order valence-corrected chi connectivity index (χ2v) is 5.50. The quantitative estimate of drug-likeness (QED) is 0.603. The van der Waals surface area contributed by atoms with Crippen LogP contribution in [0.3, 0.4) is 0 Å². The number of hydrogen-bond donors (Lipinski definition) is 0. The molecule has 0 spiro atoms. The predicted octanol–water partition coefficient (Wildman–Crippen LogP) is 2.92. The van der Waals surface area contributed by atoms with Crippen LogP contribution in [0.2, 0.25) is 0 Å². The molecule has 0 aliphatic carbocycles. The Labute approximate surface area is 95.0 Å². The Balaban J connectivity index is 2.19. The minimum atomic E-state index is 0.402. The lowest BCUT2D eigenvalue weighted by Gasteiger charge is -2.49. The van der Waals surface area contributed by atoms with Crippen molar-refractivity contribution in [3.05, 3.63) is 0 Å². The van der Waals surface area contributed by atoms with Crippen LogP contribution in [0.1, 0.15) is 46.5 Å². The summed E-state index contributed by atoms with van der Waals surface area (Å²) in [6.45, 7) is 10.4. The maximum absolute atomic E-state index is 5.18. The second kappa shape index (κ2) is 5.86. The van der Waals surface area contributed by atoms with Gasteiger partial charge in [0.1, 0.15) is 0 Å². The first-order chi connectivity index (χ1) is 7.10. The maximum atomic E-state index is 5.18. The van der Waals surface area contributed by atoms with E-state index in [0.717, 1.165) is 12.5 Å². The minimum Gasteiger partial charge on any atom is -0.384 e. The topological polar surface area (TPSA) is 12.5 Å². The molecule has 2 nitrogen and oxygen atoms in total. The van der Waals surface area contributed by atoms with Gasteiger partial charge in [-0.3, -0.25) is 4.90 Å². The van der Waals surface area contributed by atoms with Crippen LogP contribution in [0.4, 0.5) is 0 Å². The second-order valence-electron chi connectivity index (χ2n) is 5.50. The van der Waals surface area contributed by atoms with Crippen molar-refractivity contribution in [3.8, 4) is 0 Å². The number of methoxy groups -OCH3 is 1. The van der Waals surface area contributed by atoms with E-state index in [-0.39, 0.29) is 0 Å². The molecule has 90 valence electrons. The highest BCUT2D eigenvalue weighted by Gasteiger charge is 2.36. The molecule has 1 aliphatic rings. The van der Waals surface area contributed by atoms with E-state index >= 15 is 0 Å². The Morgan fingerprint density at radius 2 is 1.93 bits per heavy atom. The molecular formula is C13H27NO. The highest BCUT2D eigenvalue weighted by atomic mass is 16.5. The van der Waals surface area contributed by atoms with Crippen molar-refractivity contribution in [1.82, 2.24) is 4.90 Å². The molecule has 0 aromatic heterocycles. The molecule has 0 bridgehead atoms. The molecule has 1 heterocycles. The molecule has 2 heteroatoms. The summed E-state index contributed by atoms with van der Waals surface area (Å²) >= 11 is 0. The first kappa shape index (κ1) is 13.0. The third-order valence-electron chi connectivity index (χ3n) is 3.61. The van der Waals surface area contributed by atoms with Crippen molar-refractivity contribution in [3.63, 3.8) is 0 Å². The average Bonchev–Trinajstić information content (AvgIpc) is 2.10. The summed E-state index contributed by atoms with van der Waals surface area (Å²) in [4.78, 5) is 2.60. The largest absolute Gasteiger partial charge is 0.384 e. The number of rotatable bonds is 7. The van der Waals surface area contributed by atoms with Gasteiger partial charge in [0.25, 0.3) is 0 Å². The molecule has 0 unspecified atom stereocenters. The van der Waals surface area contributed by atoms with E-state index in [4.69, 9.17) is 4.74 Å². The van der Waals surface area contributed by atoms with Gasteiger partial charge in [0.15, 0.2) is 0 Å². The van der Waals surface area contributed by atoms with Gasteiger partial charge in [-0.1, -0.05) is 26.2 Å². The lowest BCUT2D eigenvalue weighted by molar-refractivity contribution is -0.0320. The molecule has 1 fully saturated rings. The average molecular weight is 213 g/mol. The first-order valence-corrected chi connectivity index (χ1v) is 6.34. The van der Waals surface area contributed by atoms with Crippen LogP contribution in [0.5, 0.6) is 0 Å². The third kappa shape index (κ3) is 3.76. The standard InChI is InChI=1S/C13H27NO/c1-5-6-7-8-13(2,3)14-9-12(10-14)11-15-4/h12H,5-11H2,1-4H3. The molecule has 0 radical (unpaired) electrons. The summed E-state index contributed by atoms with van der Waals surface area (Å²) in [7, 11) is 1.80. The Bertz CT molecular complexity index is 173. The Morgan fingerprint density at radius 1 is 1.27 bits per heavy atom. The molecule has 0 atom stereocenters. The lowest BCUT2D eigenvalue weighted by atomic mass is 9.88.